The summed E-state index contributed by atoms with van der Waals surface area (Å²) in [6.45, 7) is 1.82. The maximum atomic E-state index is 12.4. The predicted octanol–water partition coefficient (Wildman–Crippen LogP) is 2.28. The highest BCUT2D eigenvalue weighted by atomic mass is 35.5. The van der Waals surface area contributed by atoms with E-state index in [4.69, 9.17) is 34.0 Å². The molecule has 1 unspecified atom stereocenters. The Morgan fingerprint density at radius 1 is 1.26 bits per heavy atom. The number of hydrogen-bond acceptors (Lipinski definition) is 6. The number of rotatable bonds is 7. The number of amides is 1. The van der Waals surface area contributed by atoms with Crippen molar-refractivity contribution in [1.82, 2.24) is 10.2 Å². The molecule has 8 nitrogen and oxygen atoms in total. The van der Waals surface area contributed by atoms with Crippen LogP contribution in [0.2, 0.25) is 10.0 Å². The number of carboxylic acid groups (broad SMARTS) is 1. The summed E-state index contributed by atoms with van der Waals surface area (Å²) in [5, 5.41) is 31.3. The molecule has 2 atom stereocenters. The number of nitrogens with two attached hydrogens (primary N) is 1. The van der Waals surface area contributed by atoms with Crippen molar-refractivity contribution in [3.8, 4) is 5.75 Å². The van der Waals surface area contributed by atoms with Crippen molar-refractivity contribution in [3.05, 3.63) is 62.6 Å². The Kier molecular flexibility index (Phi) is 7.40. The molecular formula is C21H23Cl2N3O5. The standard InChI is InChI=1S/C21H23Cl2N3O5/c22-15-9-12-10-26(7-5-16(28)11-2-1-3-13(27)8-11)6-4-14(12)18(23)17(15)20(29)25-19(24)21(30)31/h1-3,8-9,16,19,27-28H,4-7,10,24H2,(H,25,29)(H,30,31)/t16?,19-/m1/s1. The number of aliphatic carboxylic acids is 1. The predicted molar refractivity (Wildman–Crippen MR) is 116 cm³/mol. The van der Waals surface area contributed by atoms with Gasteiger partial charge in [-0.25, -0.2) is 4.79 Å². The van der Waals surface area contributed by atoms with E-state index in [1.807, 2.05) is 0 Å². The van der Waals surface area contributed by atoms with Gasteiger partial charge in [-0.05, 0) is 47.7 Å². The van der Waals surface area contributed by atoms with E-state index in [-0.39, 0.29) is 21.4 Å². The number of aliphatic hydroxyl groups is 1. The number of aliphatic hydroxyl groups excluding tert-OH is 1. The quantitative estimate of drug-likeness (QED) is 0.394. The van der Waals surface area contributed by atoms with Crippen LogP contribution in [-0.4, -0.2) is 51.4 Å². The molecule has 0 fully saturated rings. The zero-order valence-corrected chi connectivity index (χ0v) is 18.0. The molecule has 2 aromatic rings. The highest BCUT2D eigenvalue weighted by molar-refractivity contribution is 6.40. The molecule has 0 radical (unpaired) electrons. The summed E-state index contributed by atoms with van der Waals surface area (Å²) in [6.07, 6.45) is -1.22. The summed E-state index contributed by atoms with van der Waals surface area (Å²) < 4.78 is 0. The van der Waals surface area contributed by atoms with Gasteiger partial charge in [-0.3, -0.25) is 9.69 Å². The minimum atomic E-state index is -1.57. The molecule has 0 aliphatic carbocycles. The number of carboxylic acids is 1. The fourth-order valence-corrected chi connectivity index (χ4v) is 4.35. The lowest BCUT2D eigenvalue weighted by molar-refractivity contribution is -0.139. The second kappa shape index (κ2) is 9.84. The molecule has 31 heavy (non-hydrogen) atoms. The first kappa shape index (κ1) is 23.3. The van der Waals surface area contributed by atoms with Crippen LogP contribution in [0.3, 0.4) is 0 Å². The Morgan fingerprint density at radius 2 is 2.00 bits per heavy atom. The van der Waals surface area contributed by atoms with Crippen molar-refractivity contribution in [3.63, 3.8) is 0 Å². The SMILES string of the molecule is N[C@H](NC(=O)c1c(Cl)cc2c(c1Cl)CCN(CCC(O)c1cccc(O)c1)C2)C(=O)O. The number of nitrogens with one attached hydrogen (secondary N) is 1. The number of benzene rings is 2. The third-order valence-corrected chi connectivity index (χ3v) is 5.95. The van der Waals surface area contributed by atoms with Crippen LogP contribution >= 0.6 is 23.2 Å². The highest BCUT2D eigenvalue weighted by Crippen LogP contribution is 2.35. The van der Waals surface area contributed by atoms with Crippen molar-refractivity contribution in [2.24, 2.45) is 5.73 Å². The number of carbonyl (C=O) groups excluding carboxylic acids is 1. The van der Waals surface area contributed by atoms with Gasteiger partial charge in [-0.2, -0.15) is 0 Å². The van der Waals surface area contributed by atoms with Gasteiger partial charge in [0.2, 0.25) is 0 Å². The Hall–Kier alpha value is -2.36. The van der Waals surface area contributed by atoms with Crippen molar-refractivity contribution in [1.29, 1.82) is 0 Å². The average molecular weight is 468 g/mol. The van der Waals surface area contributed by atoms with Gasteiger partial charge in [-0.15, -0.1) is 0 Å². The number of nitrogens with zero attached hydrogens (tertiary/aromatic N) is 1. The van der Waals surface area contributed by atoms with E-state index in [1.165, 1.54) is 0 Å². The highest BCUT2D eigenvalue weighted by Gasteiger charge is 2.27. The van der Waals surface area contributed by atoms with Crippen LogP contribution in [0, 0.1) is 0 Å². The largest absolute Gasteiger partial charge is 0.508 e. The zero-order valence-electron chi connectivity index (χ0n) is 16.5. The third kappa shape index (κ3) is 5.47. The second-order valence-electron chi connectivity index (χ2n) is 7.40. The molecule has 166 valence electrons. The number of aromatic hydroxyl groups is 1. The number of hydrogen-bond donors (Lipinski definition) is 5. The molecule has 0 bridgehead atoms. The van der Waals surface area contributed by atoms with E-state index in [0.29, 0.717) is 38.0 Å². The molecule has 6 N–H and O–H groups in total. The van der Waals surface area contributed by atoms with Crippen LogP contribution in [0.5, 0.6) is 5.75 Å². The van der Waals surface area contributed by atoms with Crippen LogP contribution in [-0.2, 0) is 17.8 Å². The van der Waals surface area contributed by atoms with Gasteiger partial charge in [0, 0.05) is 19.6 Å². The Morgan fingerprint density at radius 3 is 2.68 bits per heavy atom. The van der Waals surface area contributed by atoms with Gasteiger partial charge in [0.05, 0.1) is 21.7 Å². The topological polar surface area (TPSA) is 136 Å². The Balaban J connectivity index is 1.69. The lowest BCUT2D eigenvalue weighted by Gasteiger charge is -2.31. The van der Waals surface area contributed by atoms with Crippen LogP contribution in [0.15, 0.2) is 30.3 Å². The lowest BCUT2D eigenvalue weighted by Crippen LogP contribution is -2.47. The van der Waals surface area contributed by atoms with E-state index >= 15 is 0 Å². The molecule has 0 aromatic heterocycles. The van der Waals surface area contributed by atoms with Gasteiger partial charge >= 0.3 is 5.97 Å². The molecule has 3 rings (SSSR count). The number of phenols is 1. The lowest BCUT2D eigenvalue weighted by atomic mass is 9.96. The summed E-state index contributed by atoms with van der Waals surface area (Å²) in [4.78, 5) is 25.4. The second-order valence-corrected chi connectivity index (χ2v) is 8.19. The summed E-state index contributed by atoms with van der Waals surface area (Å²) in [5.41, 5.74) is 7.67. The Bertz CT molecular complexity index is 1000. The number of carbonyl (C=O) groups is 2. The first-order valence-corrected chi connectivity index (χ1v) is 10.4. The molecular weight excluding hydrogens is 445 g/mol. The first-order valence-electron chi connectivity index (χ1n) is 9.65. The van der Waals surface area contributed by atoms with Gasteiger partial charge in [0.25, 0.3) is 5.91 Å². The average Bonchev–Trinajstić information content (AvgIpc) is 2.71. The number of halogens is 2. The normalized spacial score (nSPS) is 15.7. The fourth-order valence-electron chi connectivity index (χ4n) is 3.59. The monoisotopic (exact) mass is 467 g/mol. The van der Waals surface area contributed by atoms with E-state index in [9.17, 15) is 19.8 Å². The van der Waals surface area contributed by atoms with E-state index in [1.54, 1.807) is 30.3 Å². The molecule has 1 heterocycles. The smallest absolute Gasteiger partial charge is 0.341 e. The molecule has 2 aromatic carbocycles. The molecule has 1 amide bonds. The summed E-state index contributed by atoms with van der Waals surface area (Å²) in [5.74, 6) is -2.01. The zero-order chi connectivity index (χ0) is 22.7. The van der Waals surface area contributed by atoms with Crippen LogP contribution in [0.1, 0.15) is 39.6 Å². The number of fused-ring (bicyclic) bond motifs is 1. The van der Waals surface area contributed by atoms with Crippen molar-refractivity contribution in [2.75, 3.05) is 13.1 Å². The van der Waals surface area contributed by atoms with Gasteiger partial charge in [-0.1, -0.05) is 35.3 Å². The van der Waals surface area contributed by atoms with Crippen LogP contribution in [0.4, 0.5) is 0 Å². The first-order chi connectivity index (χ1) is 14.7. The molecule has 1 aliphatic rings. The van der Waals surface area contributed by atoms with Gasteiger partial charge in [0.1, 0.15) is 5.75 Å². The summed E-state index contributed by atoms with van der Waals surface area (Å²) in [7, 11) is 0. The Labute approximate surface area is 189 Å². The van der Waals surface area contributed by atoms with E-state index in [2.05, 4.69) is 10.2 Å². The maximum absolute atomic E-state index is 12.4. The van der Waals surface area contributed by atoms with Crippen LogP contribution in [0.25, 0.3) is 0 Å². The maximum Gasteiger partial charge on any atom is 0.341 e. The number of phenolic OH excluding ortho intramolecular Hbond substituents is 1. The molecule has 1 aliphatic heterocycles. The van der Waals surface area contributed by atoms with E-state index in [0.717, 1.165) is 11.1 Å². The van der Waals surface area contributed by atoms with Crippen molar-refractivity contribution in [2.45, 2.75) is 31.7 Å². The molecule has 0 saturated heterocycles. The van der Waals surface area contributed by atoms with Gasteiger partial charge < -0.3 is 26.4 Å². The molecule has 10 heteroatoms. The van der Waals surface area contributed by atoms with Crippen LogP contribution < -0.4 is 11.1 Å². The minimum Gasteiger partial charge on any atom is -0.508 e. The summed E-state index contributed by atoms with van der Waals surface area (Å²) in [6, 6.07) is 8.19. The van der Waals surface area contributed by atoms with Gasteiger partial charge in [0.15, 0.2) is 6.17 Å². The van der Waals surface area contributed by atoms with E-state index < -0.39 is 24.1 Å². The molecule has 0 spiro atoms. The summed E-state index contributed by atoms with van der Waals surface area (Å²) >= 11 is 12.7. The molecule has 0 saturated carbocycles. The van der Waals surface area contributed by atoms with Crippen molar-refractivity contribution < 1.29 is 24.9 Å². The van der Waals surface area contributed by atoms with Crippen molar-refractivity contribution >= 4 is 35.1 Å². The minimum absolute atomic E-state index is 0.00606. The third-order valence-electron chi connectivity index (χ3n) is 5.24. The fraction of sp³-hybridized carbons (Fsp3) is 0.333.